The van der Waals surface area contributed by atoms with Gasteiger partial charge in [0.15, 0.2) is 0 Å². The van der Waals surface area contributed by atoms with Gasteiger partial charge in [-0.3, -0.25) is 0 Å². The van der Waals surface area contributed by atoms with E-state index >= 15 is 0 Å². The summed E-state index contributed by atoms with van der Waals surface area (Å²) in [6.45, 7) is 0.561. The summed E-state index contributed by atoms with van der Waals surface area (Å²) in [6.07, 6.45) is 2.21. The van der Waals surface area contributed by atoms with Gasteiger partial charge in [-0.25, -0.2) is 0 Å². The molecule has 0 atom stereocenters. The van der Waals surface area contributed by atoms with Crippen LogP contribution in [-0.4, -0.2) is 7.11 Å². The van der Waals surface area contributed by atoms with Crippen LogP contribution in [0.15, 0.2) is 109 Å². The minimum Gasteiger partial charge on any atom is -0.497 e. The van der Waals surface area contributed by atoms with Gasteiger partial charge in [0.25, 0.3) is 0 Å². The van der Waals surface area contributed by atoms with Gasteiger partial charge in [0.05, 0.1) is 7.11 Å². The van der Waals surface area contributed by atoms with Gasteiger partial charge < -0.3 is 9.47 Å². The van der Waals surface area contributed by atoms with Crippen molar-refractivity contribution in [3.63, 3.8) is 0 Å². The van der Waals surface area contributed by atoms with Crippen molar-refractivity contribution in [1.82, 2.24) is 0 Å². The van der Waals surface area contributed by atoms with Gasteiger partial charge in [-0.2, -0.15) is 0 Å². The predicted molar refractivity (Wildman–Crippen MR) is 124 cm³/mol. The maximum absolute atomic E-state index is 5.95. The van der Waals surface area contributed by atoms with Crippen LogP contribution in [0, 0.1) is 0 Å². The van der Waals surface area contributed by atoms with E-state index in [1.54, 1.807) is 7.11 Å². The van der Waals surface area contributed by atoms with E-state index in [0.29, 0.717) is 6.61 Å². The Balaban J connectivity index is 1.60. The summed E-state index contributed by atoms with van der Waals surface area (Å²) >= 11 is 0. The first-order chi connectivity index (χ1) is 14.8. The lowest BCUT2D eigenvalue weighted by atomic mass is 9.95. The molecule has 0 amide bonds. The van der Waals surface area contributed by atoms with Crippen LogP contribution in [0.25, 0.3) is 11.6 Å². The second-order valence-corrected chi connectivity index (χ2v) is 7.00. The Hall–Kier alpha value is -3.78. The molecular weight excluding hydrogens is 368 g/mol. The van der Waals surface area contributed by atoms with Gasteiger partial charge in [-0.1, -0.05) is 84.9 Å². The maximum Gasteiger partial charge on any atom is 0.119 e. The monoisotopic (exact) mass is 392 g/mol. The van der Waals surface area contributed by atoms with Crippen LogP contribution in [0.1, 0.15) is 22.3 Å². The minimum absolute atomic E-state index is 0.561. The van der Waals surface area contributed by atoms with Crippen molar-refractivity contribution in [2.24, 2.45) is 0 Å². The third kappa shape index (κ3) is 4.98. The topological polar surface area (TPSA) is 18.5 Å². The molecule has 0 radical (unpaired) electrons. The Morgan fingerprint density at radius 2 is 1.17 bits per heavy atom. The van der Waals surface area contributed by atoms with E-state index in [2.05, 4.69) is 66.7 Å². The third-order valence-corrected chi connectivity index (χ3v) is 4.93. The van der Waals surface area contributed by atoms with Gasteiger partial charge in [-0.15, -0.1) is 0 Å². The number of rotatable bonds is 7. The van der Waals surface area contributed by atoms with Gasteiger partial charge in [0.2, 0.25) is 0 Å². The molecule has 0 saturated heterocycles. The Bertz CT molecular complexity index is 1080. The lowest BCUT2D eigenvalue weighted by molar-refractivity contribution is 0.306. The molecule has 2 heteroatoms. The van der Waals surface area contributed by atoms with E-state index in [1.807, 2.05) is 48.5 Å². The molecule has 0 bridgehead atoms. The van der Waals surface area contributed by atoms with Crippen LogP contribution < -0.4 is 9.47 Å². The Morgan fingerprint density at radius 3 is 1.73 bits per heavy atom. The highest BCUT2D eigenvalue weighted by Crippen LogP contribution is 2.29. The Labute approximate surface area is 178 Å². The van der Waals surface area contributed by atoms with Crippen molar-refractivity contribution in [1.29, 1.82) is 0 Å². The van der Waals surface area contributed by atoms with Crippen molar-refractivity contribution in [2.75, 3.05) is 7.11 Å². The van der Waals surface area contributed by atoms with Crippen molar-refractivity contribution in [3.05, 3.63) is 131 Å². The molecule has 0 unspecified atom stereocenters. The highest BCUT2D eigenvalue weighted by molar-refractivity contribution is 5.91. The Morgan fingerprint density at radius 1 is 0.633 bits per heavy atom. The standard InChI is InChI=1S/C28H24O2/c1-29-26-16-12-24(13-17-26)28(20-22-8-4-2-5-9-22)25-14-18-27(19-15-25)30-21-23-10-6-3-7-11-23/h2-20H,21H2,1H3/b28-20+. The van der Waals surface area contributed by atoms with E-state index < -0.39 is 0 Å². The largest absolute Gasteiger partial charge is 0.497 e. The lowest BCUT2D eigenvalue weighted by Gasteiger charge is -2.12. The van der Waals surface area contributed by atoms with Gasteiger partial charge in [0, 0.05) is 0 Å². The summed E-state index contributed by atoms with van der Waals surface area (Å²) in [6, 6.07) is 37.0. The summed E-state index contributed by atoms with van der Waals surface area (Å²) in [5, 5.41) is 0. The molecule has 4 rings (SSSR count). The molecular formula is C28H24O2. The zero-order valence-electron chi connectivity index (χ0n) is 17.0. The zero-order valence-corrected chi connectivity index (χ0v) is 17.0. The van der Waals surface area contributed by atoms with Gasteiger partial charge in [0.1, 0.15) is 18.1 Å². The molecule has 4 aromatic rings. The molecule has 0 spiro atoms. The average Bonchev–Trinajstić information content (AvgIpc) is 2.83. The van der Waals surface area contributed by atoms with E-state index in [-0.39, 0.29) is 0 Å². The van der Waals surface area contributed by atoms with E-state index in [0.717, 1.165) is 39.3 Å². The molecule has 2 nitrogen and oxygen atoms in total. The predicted octanol–water partition coefficient (Wildman–Crippen LogP) is 6.86. The molecule has 148 valence electrons. The fourth-order valence-corrected chi connectivity index (χ4v) is 3.29. The van der Waals surface area contributed by atoms with Crippen molar-refractivity contribution >= 4 is 11.6 Å². The Kier molecular flexibility index (Phi) is 6.26. The summed E-state index contributed by atoms with van der Waals surface area (Å²) in [5.41, 5.74) is 5.74. The van der Waals surface area contributed by atoms with Crippen LogP contribution in [0.3, 0.4) is 0 Å². The van der Waals surface area contributed by atoms with Crippen LogP contribution in [0.4, 0.5) is 0 Å². The number of hydrogen-bond acceptors (Lipinski definition) is 2. The van der Waals surface area contributed by atoms with Crippen molar-refractivity contribution in [2.45, 2.75) is 6.61 Å². The highest BCUT2D eigenvalue weighted by Gasteiger charge is 2.07. The van der Waals surface area contributed by atoms with E-state index in [1.165, 1.54) is 0 Å². The molecule has 0 N–H and O–H groups in total. The SMILES string of the molecule is COc1ccc(/C(=C\c2ccccc2)c2ccc(OCc3ccccc3)cc2)cc1. The molecule has 0 fully saturated rings. The summed E-state index contributed by atoms with van der Waals surface area (Å²) in [7, 11) is 1.68. The van der Waals surface area contributed by atoms with Crippen molar-refractivity contribution in [3.8, 4) is 11.5 Å². The van der Waals surface area contributed by atoms with Gasteiger partial charge in [-0.05, 0) is 58.2 Å². The van der Waals surface area contributed by atoms with Gasteiger partial charge >= 0.3 is 0 Å². The first kappa shape index (κ1) is 19.5. The smallest absolute Gasteiger partial charge is 0.119 e. The fourth-order valence-electron chi connectivity index (χ4n) is 3.29. The zero-order chi connectivity index (χ0) is 20.6. The molecule has 0 aliphatic carbocycles. The van der Waals surface area contributed by atoms with Crippen LogP contribution >= 0.6 is 0 Å². The number of ether oxygens (including phenoxy) is 2. The number of hydrogen-bond donors (Lipinski definition) is 0. The highest BCUT2D eigenvalue weighted by atomic mass is 16.5. The molecule has 0 aromatic heterocycles. The maximum atomic E-state index is 5.95. The molecule has 0 aliphatic rings. The second-order valence-electron chi connectivity index (χ2n) is 7.00. The first-order valence-electron chi connectivity index (χ1n) is 10.0. The first-order valence-corrected chi connectivity index (χ1v) is 10.0. The molecule has 30 heavy (non-hydrogen) atoms. The lowest BCUT2D eigenvalue weighted by Crippen LogP contribution is -1.95. The van der Waals surface area contributed by atoms with Crippen molar-refractivity contribution < 1.29 is 9.47 Å². The molecule has 4 aromatic carbocycles. The molecule has 0 heterocycles. The summed E-state index contributed by atoms with van der Waals surface area (Å²) < 4.78 is 11.3. The molecule has 0 aliphatic heterocycles. The average molecular weight is 392 g/mol. The number of benzene rings is 4. The van der Waals surface area contributed by atoms with Crippen LogP contribution in [-0.2, 0) is 6.61 Å². The summed E-state index contributed by atoms with van der Waals surface area (Å²) in [5.74, 6) is 1.71. The summed E-state index contributed by atoms with van der Waals surface area (Å²) in [4.78, 5) is 0. The normalized spacial score (nSPS) is 11.2. The fraction of sp³-hybridized carbons (Fsp3) is 0.0714. The van der Waals surface area contributed by atoms with Crippen LogP contribution in [0.2, 0.25) is 0 Å². The van der Waals surface area contributed by atoms with E-state index in [9.17, 15) is 0 Å². The number of methoxy groups -OCH3 is 1. The molecule has 0 saturated carbocycles. The second kappa shape index (κ2) is 9.62. The van der Waals surface area contributed by atoms with Crippen LogP contribution in [0.5, 0.6) is 11.5 Å². The van der Waals surface area contributed by atoms with E-state index in [4.69, 9.17) is 9.47 Å². The quantitative estimate of drug-likeness (QED) is 0.320. The minimum atomic E-state index is 0.561. The third-order valence-electron chi connectivity index (χ3n) is 4.93.